The highest BCUT2D eigenvalue weighted by Crippen LogP contribution is 2.24. The zero-order chi connectivity index (χ0) is 13.9. The van der Waals surface area contributed by atoms with Crippen molar-refractivity contribution in [3.63, 3.8) is 0 Å². The van der Waals surface area contributed by atoms with E-state index in [1.165, 1.54) is 34.8 Å². The Hall–Kier alpha value is -1.60. The molecule has 0 unspecified atom stereocenters. The van der Waals surface area contributed by atoms with Crippen LogP contribution in [0.1, 0.15) is 32.3 Å². The Morgan fingerprint density at radius 1 is 1.15 bits per heavy atom. The van der Waals surface area contributed by atoms with Gasteiger partial charge in [0.1, 0.15) is 0 Å². The molecular formula is C19H23N. The average molecular weight is 265 g/mol. The van der Waals surface area contributed by atoms with Crippen molar-refractivity contribution in [1.29, 1.82) is 0 Å². The van der Waals surface area contributed by atoms with Gasteiger partial charge >= 0.3 is 0 Å². The van der Waals surface area contributed by atoms with Crippen molar-refractivity contribution in [3.8, 4) is 0 Å². The molecule has 2 aromatic carbocycles. The third-order valence-corrected chi connectivity index (χ3v) is 4.08. The molecule has 0 heterocycles. The Morgan fingerprint density at radius 2 is 1.90 bits per heavy atom. The molecule has 1 aliphatic rings. The molecule has 104 valence electrons. The van der Waals surface area contributed by atoms with E-state index in [0.717, 1.165) is 12.6 Å². The summed E-state index contributed by atoms with van der Waals surface area (Å²) in [7, 11) is 0. The second-order valence-corrected chi connectivity index (χ2v) is 6.10. The monoisotopic (exact) mass is 265 g/mol. The summed E-state index contributed by atoms with van der Waals surface area (Å²) in [5.74, 6) is 0.584. The molecule has 0 radical (unpaired) electrons. The van der Waals surface area contributed by atoms with Crippen LogP contribution in [0.5, 0.6) is 0 Å². The third kappa shape index (κ3) is 3.10. The van der Waals surface area contributed by atoms with E-state index in [-0.39, 0.29) is 0 Å². The van der Waals surface area contributed by atoms with Gasteiger partial charge in [-0.15, -0.1) is 0 Å². The maximum Gasteiger partial charge on any atom is 0.0173 e. The van der Waals surface area contributed by atoms with Crippen molar-refractivity contribution in [2.24, 2.45) is 5.92 Å². The van der Waals surface area contributed by atoms with Crippen molar-refractivity contribution >= 4 is 16.8 Å². The highest BCUT2D eigenvalue weighted by Gasteiger charge is 2.20. The van der Waals surface area contributed by atoms with Crippen LogP contribution < -0.4 is 5.32 Å². The molecule has 0 spiro atoms. The molecule has 1 aliphatic carbocycles. The first-order valence-electron chi connectivity index (χ1n) is 7.65. The fourth-order valence-electron chi connectivity index (χ4n) is 2.55. The van der Waals surface area contributed by atoms with Gasteiger partial charge in [-0.25, -0.2) is 0 Å². The van der Waals surface area contributed by atoms with E-state index in [9.17, 15) is 0 Å². The second-order valence-electron chi connectivity index (χ2n) is 6.10. The summed E-state index contributed by atoms with van der Waals surface area (Å²) in [6.07, 6.45) is 5.07. The lowest BCUT2D eigenvalue weighted by atomic mass is 9.97. The Labute approximate surface area is 121 Å². The first-order valence-corrected chi connectivity index (χ1v) is 7.65. The van der Waals surface area contributed by atoms with Crippen LogP contribution in [0, 0.1) is 5.92 Å². The van der Waals surface area contributed by atoms with Crippen LogP contribution >= 0.6 is 0 Å². The van der Waals surface area contributed by atoms with Crippen molar-refractivity contribution in [2.45, 2.75) is 32.7 Å². The Morgan fingerprint density at radius 3 is 2.65 bits per heavy atom. The van der Waals surface area contributed by atoms with Gasteiger partial charge in [-0.2, -0.15) is 0 Å². The highest BCUT2D eigenvalue weighted by molar-refractivity contribution is 5.90. The van der Waals surface area contributed by atoms with Gasteiger partial charge in [-0.1, -0.05) is 68.0 Å². The molecule has 1 N–H and O–H groups in total. The van der Waals surface area contributed by atoms with E-state index in [4.69, 9.17) is 0 Å². The Balaban J connectivity index is 1.92. The van der Waals surface area contributed by atoms with Crippen LogP contribution in [0.4, 0.5) is 0 Å². The molecule has 0 saturated heterocycles. The summed E-state index contributed by atoms with van der Waals surface area (Å²) in [5.41, 5.74) is 2.83. The zero-order valence-corrected chi connectivity index (χ0v) is 12.4. The van der Waals surface area contributed by atoms with Crippen LogP contribution in [-0.2, 0) is 0 Å². The largest absolute Gasteiger partial charge is 0.310 e. The summed E-state index contributed by atoms with van der Waals surface area (Å²) >= 11 is 0. The van der Waals surface area contributed by atoms with Crippen LogP contribution in [-0.4, -0.2) is 12.6 Å². The van der Waals surface area contributed by atoms with E-state index in [1.807, 2.05) is 0 Å². The fourth-order valence-corrected chi connectivity index (χ4v) is 2.55. The minimum absolute atomic E-state index is 0.584. The SMILES string of the molecule is CC(C)C(=Cc1cccc2ccccc12)CNC1CC1. The van der Waals surface area contributed by atoms with Gasteiger partial charge in [0.25, 0.3) is 0 Å². The molecule has 0 bridgehead atoms. The van der Waals surface area contributed by atoms with Crippen LogP contribution in [0.25, 0.3) is 16.8 Å². The molecule has 3 rings (SSSR count). The topological polar surface area (TPSA) is 12.0 Å². The van der Waals surface area contributed by atoms with Crippen molar-refractivity contribution in [1.82, 2.24) is 5.32 Å². The van der Waals surface area contributed by atoms with Gasteiger partial charge in [0.15, 0.2) is 0 Å². The quantitative estimate of drug-likeness (QED) is 0.831. The van der Waals surface area contributed by atoms with Gasteiger partial charge in [0.05, 0.1) is 0 Å². The van der Waals surface area contributed by atoms with Gasteiger partial charge in [-0.3, -0.25) is 0 Å². The van der Waals surface area contributed by atoms with Crippen LogP contribution in [0.15, 0.2) is 48.0 Å². The van der Waals surface area contributed by atoms with Gasteiger partial charge in [0, 0.05) is 12.6 Å². The number of fused-ring (bicyclic) bond motifs is 1. The first-order chi connectivity index (χ1) is 9.74. The van der Waals surface area contributed by atoms with E-state index in [0.29, 0.717) is 5.92 Å². The van der Waals surface area contributed by atoms with E-state index >= 15 is 0 Å². The lowest BCUT2D eigenvalue weighted by Gasteiger charge is -2.13. The fraction of sp³-hybridized carbons (Fsp3) is 0.368. The van der Waals surface area contributed by atoms with Gasteiger partial charge in [-0.05, 0) is 35.1 Å². The second kappa shape index (κ2) is 5.80. The van der Waals surface area contributed by atoms with Crippen LogP contribution in [0.2, 0.25) is 0 Å². The summed E-state index contributed by atoms with van der Waals surface area (Å²) in [5, 5.41) is 6.30. The molecule has 1 fully saturated rings. The normalized spacial score (nSPS) is 16.1. The van der Waals surface area contributed by atoms with Gasteiger partial charge < -0.3 is 5.32 Å². The molecule has 0 atom stereocenters. The maximum atomic E-state index is 3.64. The minimum atomic E-state index is 0.584. The molecule has 1 saturated carbocycles. The average Bonchev–Trinajstić information content (AvgIpc) is 3.27. The highest BCUT2D eigenvalue weighted by atomic mass is 14.9. The van der Waals surface area contributed by atoms with Gasteiger partial charge in [0.2, 0.25) is 0 Å². The summed E-state index contributed by atoms with van der Waals surface area (Å²) in [6, 6.07) is 16.0. The van der Waals surface area contributed by atoms with Crippen molar-refractivity contribution in [3.05, 3.63) is 53.6 Å². The number of nitrogens with one attached hydrogen (secondary N) is 1. The zero-order valence-electron chi connectivity index (χ0n) is 12.4. The molecule has 2 aromatic rings. The van der Waals surface area contributed by atoms with Crippen LogP contribution in [0.3, 0.4) is 0 Å². The molecule has 1 heteroatoms. The smallest absolute Gasteiger partial charge is 0.0173 e. The lowest BCUT2D eigenvalue weighted by Crippen LogP contribution is -2.21. The lowest BCUT2D eigenvalue weighted by molar-refractivity contribution is 0.663. The molecule has 0 aliphatic heterocycles. The van der Waals surface area contributed by atoms with E-state index in [1.54, 1.807) is 0 Å². The summed E-state index contributed by atoms with van der Waals surface area (Å²) in [6.45, 7) is 5.59. The number of hydrogen-bond acceptors (Lipinski definition) is 1. The molecule has 0 amide bonds. The van der Waals surface area contributed by atoms with E-state index < -0.39 is 0 Å². The Bertz CT molecular complexity index is 615. The molecule has 1 nitrogen and oxygen atoms in total. The molecule has 0 aromatic heterocycles. The van der Waals surface area contributed by atoms with E-state index in [2.05, 4.69) is 67.7 Å². The van der Waals surface area contributed by atoms with Crippen molar-refractivity contribution < 1.29 is 0 Å². The Kier molecular flexibility index (Phi) is 3.88. The van der Waals surface area contributed by atoms with Crippen molar-refractivity contribution in [2.75, 3.05) is 6.54 Å². The third-order valence-electron chi connectivity index (χ3n) is 4.08. The number of hydrogen-bond donors (Lipinski definition) is 1. The predicted molar refractivity (Wildman–Crippen MR) is 87.8 cm³/mol. The number of rotatable bonds is 5. The molecular weight excluding hydrogens is 242 g/mol. The maximum absolute atomic E-state index is 3.64. The summed E-state index contributed by atoms with van der Waals surface area (Å²) < 4.78 is 0. The first kappa shape index (κ1) is 13.4. The minimum Gasteiger partial charge on any atom is -0.310 e. The molecule has 20 heavy (non-hydrogen) atoms. The number of benzene rings is 2. The standard InChI is InChI=1S/C19H23N/c1-14(2)17(13-20-18-10-11-18)12-16-8-5-7-15-6-3-4-9-19(15)16/h3-9,12,14,18,20H,10-11,13H2,1-2H3. The predicted octanol–water partition coefficient (Wildman–Crippen LogP) is 4.63. The summed E-state index contributed by atoms with van der Waals surface area (Å²) in [4.78, 5) is 0.